The number of carbonyl (C=O) groups is 1. The summed E-state index contributed by atoms with van der Waals surface area (Å²) in [6.07, 6.45) is 0. The molecule has 0 aromatic carbocycles. The van der Waals surface area contributed by atoms with Crippen molar-refractivity contribution in [2.24, 2.45) is 7.05 Å². The topological polar surface area (TPSA) is 55.1 Å². The van der Waals surface area contributed by atoms with Crippen LogP contribution in [0, 0.1) is 6.92 Å². The molecule has 0 unspecified atom stereocenters. The lowest BCUT2D eigenvalue weighted by Crippen LogP contribution is -1.91. The lowest BCUT2D eigenvalue weighted by Gasteiger charge is -1.89. The largest absolute Gasteiger partial charge is 0.477 e. The molecule has 0 aliphatic rings. The van der Waals surface area contributed by atoms with Crippen molar-refractivity contribution in [3.63, 3.8) is 0 Å². The standard InChI is InChI=1S/C10H10N2O2S/c1-6-5-7(11-12(6)2)8-3-4-9(15-8)10(13)14/h3-5H,1-2H3,(H,13,14). The van der Waals surface area contributed by atoms with E-state index in [4.69, 9.17) is 5.11 Å². The number of aryl methyl sites for hydroxylation is 2. The number of nitrogens with zero attached hydrogens (tertiary/aromatic N) is 2. The molecule has 0 atom stereocenters. The molecule has 0 bridgehead atoms. The Bertz CT molecular complexity index is 494. The molecule has 2 aromatic heterocycles. The Hall–Kier alpha value is -1.62. The maximum Gasteiger partial charge on any atom is 0.345 e. The van der Waals surface area contributed by atoms with Gasteiger partial charge < -0.3 is 5.11 Å². The van der Waals surface area contributed by atoms with Crippen LogP contribution >= 0.6 is 11.3 Å². The van der Waals surface area contributed by atoms with Crippen molar-refractivity contribution in [3.05, 3.63) is 28.8 Å². The van der Waals surface area contributed by atoms with Gasteiger partial charge in [0.1, 0.15) is 10.6 Å². The number of aromatic nitrogens is 2. The highest BCUT2D eigenvalue weighted by atomic mass is 32.1. The van der Waals surface area contributed by atoms with Gasteiger partial charge in [-0.3, -0.25) is 4.68 Å². The Morgan fingerprint density at radius 1 is 1.53 bits per heavy atom. The van der Waals surface area contributed by atoms with Crippen molar-refractivity contribution in [1.29, 1.82) is 0 Å². The van der Waals surface area contributed by atoms with E-state index in [0.717, 1.165) is 16.3 Å². The molecule has 0 saturated carbocycles. The Morgan fingerprint density at radius 2 is 2.27 bits per heavy atom. The van der Waals surface area contributed by atoms with Gasteiger partial charge in [0.2, 0.25) is 0 Å². The first-order chi connectivity index (χ1) is 7.08. The van der Waals surface area contributed by atoms with E-state index < -0.39 is 5.97 Å². The number of thiophene rings is 1. The van der Waals surface area contributed by atoms with Gasteiger partial charge in [-0.05, 0) is 25.1 Å². The summed E-state index contributed by atoms with van der Waals surface area (Å²) in [7, 11) is 1.87. The zero-order chi connectivity index (χ0) is 11.0. The molecular weight excluding hydrogens is 212 g/mol. The van der Waals surface area contributed by atoms with Crippen LogP contribution < -0.4 is 0 Å². The molecule has 0 aliphatic heterocycles. The van der Waals surface area contributed by atoms with E-state index in [1.54, 1.807) is 16.8 Å². The molecule has 5 heteroatoms. The van der Waals surface area contributed by atoms with E-state index in [1.165, 1.54) is 11.3 Å². The molecule has 0 fully saturated rings. The number of hydrogen-bond donors (Lipinski definition) is 1. The van der Waals surface area contributed by atoms with Gasteiger partial charge in [0, 0.05) is 12.7 Å². The minimum Gasteiger partial charge on any atom is -0.477 e. The van der Waals surface area contributed by atoms with Crippen LogP contribution in [0.4, 0.5) is 0 Å². The van der Waals surface area contributed by atoms with E-state index in [2.05, 4.69) is 5.10 Å². The van der Waals surface area contributed by atoms with Crippen LogP contribution in [0.15, 0.2) is 18.2 Å². The zero-order valence-electron chi connectivity index (χ0n) is 8.39. The van der Waals surface area contributed by atoms with Gasteiger partial charge in [-0.15, -0.1) is 11.3 Å². The third-order valence-corrected chi connectivity index (χ3v) is 3.28. The molecule has 78 valence electrons. The number of hydrogen-bond acceptors (Lipinski definition) is 3. The maximum absolute atomic E-state index is 10.7. The van der Waals surface area contributed by atoms with E-state index in [1.807, 2.05) is 20.0 Å². The fraction of sp³-hybridized carbons (Fsp3) is 0.200. The van der Waals surface area contributed by atoms with Crippen molar-refractivity contribution < 1.29 is 9.90 Å². The second-order valence-electron chi connectivity index (χ2n) is 3.26. The lowest BCUT2D eigenvalue weighted by molar-refractivity contribution is 0.0702. The first-order valence-electron chi connectivity index (χ1n) is 4.42. The first kappa shape index (κ1) is 9.92. The Balaban J connectivity index is 2.41. The van der Waals surface area contributed by atoms with Gasteiger partial charge in [-0.1, -0.05) is 0 Å². The fourth-order valence-electron chi connectivity index (χ4n) is 1.27. The highest BCUT2D eigenvalue weighted by Gasteiger charge is 2.10. The lowest BCUT2D eigenvalue weighted by atomic mass is 10.3. The number of carboxylic acid groups (broad SMARTS) is 1. The third kappa shape index (κ3) is 1.78. The second-order valence-corrected chi connectivity index (χ2v) is 4.35. The van der Waals surface area contributed by atoms with Crippen LogP contribution in [0.3, 0.4) is 0 Å². The van der Waals surface area contributed by atoms with Gasteiger partial charge in [0.15, 0.2) is 0 Å². The van der Waals surface area contributed by atoms with Gasteiger partial charge in [0.25, 0.3) is 0 Å². The van der Waals surface area contributed by atoms with Crippen LogP contribution in [0.2, 0.25) is 0 Å². The molecule has 1 N–H and O–H groups in total. The molecule has 2 heterocycles. The van der Waals surface area contributed by atoms with Crippen LogP contribution in [0.1, 0.15) is 15.4 Å². The quantitative estimate of drug-likeness (QED) is 0.847. The van der Waals surface area contributed by atoms with Crippen LogP contribution in [-0.2, 0) is 7.05 Å². The van der Waals surface area contributed by atoms with Crippen LogP contribution in [-0.4, -0.2) is 20.9 Å². The molecule has 15 heavy (non-hydrogen) atoms. The van der Waals surface area contributed by atoms with E-state index in [-0.39, 0.29) is 0 Å². The summed E-state index contributed by atoms with van der Waals surface area (Å²) in [4.78, 5) is 11.9. The molecule has 2 aromatic rings. The zero-order valence-corrected chi connectivity index (χ0v) is 9.21. The van der Waals surface area contributed by atoms with E-state index in [9.17, 15) is 4.79 Å². The molecule has 0 radical (unpaired) electrons. The van der Waals surface area contributed by atoms with E-state index in [0.29, 0.717) is 4.88 Å². The molecule has 0 aliphatic carbocycles. The highest BCUT2D eigenvalue weighted by Crippen LogP contribution is 2.27. The predicted octanol–water partition coefficient (Wildman–Crippen LogP) is 2.16. The van der Waals surface area contributed by atoms with Crippen molar-refractivity contribution in [1.82, 2.24) is 9.78 Å². The molecule has 0 amide bonds. The fourth-order valence-corrected chi connectivity index (χ4v) is 2.07. The summed E-state index contributed by atoms with van der Waals surface area (Å²) < 4.78 is 1.77. The number of aromatic carboxylic acids is 1. The van der Waals surface area contributed by atoms with E-state index >= 15 is 0 Å². The summed E-state index contributed by atoms with van der Waals surface area (Å²) in [5, 5.41) is 13.1. The minimum absolute atomic E-state index is 0.341. The minimum atomic E-state index is -0.890. The Labute approximate surface area is 90.8 Å². The summed E-state index contributed by atoms with van der Waals surface area (Å²) in [6, 6.07) is 5.33. The van der Waals surface area contributed by atoms with Crippen molar-refractivity contribution in [2.75, 3.05) is 0 Å². The molecule has 0 spiro atoms. The summed E-state index contributed by atoms with van der Waals surface area (Å²) in [5.41, 5.74) is 1.88. The average Bonchev–Trinajstić information content (AvgIpc) is 2.74. The average molecular weight is 222 g/mol. The number of carboxylic acids is 1. The van der Waals surface area contributed by atoms with Crippen LogP contribution in [0.25, 0.3) is 10.6 Å². The molecule has 4 nitrogen and oxygen atoms in total. The number of rotatable bonds is 2. The van der Waals surface area contributed by atoms with Gasteiger partial charge in [-0.25, -0.2) is 4.79 Å². The first-order valence-corrected chi connectivity index (χ1v) is 5.23. The third-order valence-electron chi connectivity index (χ3n) is 2.18. The van der Waals surface area contributed by atoms with Crippen molar-refractivity contribution >= 4 is 17.3 Å². The highest BCUT2D eigenvalue weighted by molar-refractivity contribution is 7.17. The van der Waals surface area contributed by atoms with Crippen molar-refractivity contribution in [2.45, 2.75) is 6.92 Å². The van der Waals surface area contributed by atoms with Gasteiger partial charge in [0.05, 0.1) is 4.88 Å². The molecule has 2 rings (SSSR count). The monoisotopic (exact) mass is 222 g/mol. The van der Waals surface area contributed by atoms with Crippen molar-refractivity contribution in [3.8, 4) is 10.6 Å². The molecular formula is C10H10N2O2S. The second kappa shape index (κ2) is 3.51. The van der Waals surface area contributed by atoms with Gasteiger partial charge >= 0.3 is 5.97 Å². The maximum atomic E-state index is 10.7. The van der Waals surface area contributed by atoms with Crippen LogP contribution in [0.5, 0.6) is 0 Å². The Morgan fingerprint density at radius 3 is 2.73 bits per heavy atom. The Kier molecular flexibility index (Phi) is 2.32. The SMILES string of the molecule is Cc1cc(-c2ccc(C(=O)O)s2)nn1C. The normalized spacial score (nSPS) is 10.5. The van der Waals surface area contributed by atoms with Gasteiger partial charge in [-0.2, -0.15) is 5.10 Å². The smallest absolute Gasteiger partial charge is 0.345 e. The summed E-state index contributed by atoms with van der Waals surface area (Å²) in [5.74, 6) is -0.890. The summed E-state index contributed by atoms with van der Waals surface area (Å²) >= 11 is 1.24. The molecule has 0 saturated heterocycles. The summed E-state index contributed by atoms with van der Waals surface area (Å²) in [6.45, 7) is 1.96. The predicted molar refractivity (Wildman–Crippen MR) is 58.2 cm³/mol.